The Labute approximate surface area is 365 Å². The molecule has 0 aliphatic rings. The zero-order chi connectivity index (χ0) is 45.5. The molecule has 63 heavy (non-hydrogen) atoms. The fourth-order valence-corrected chi connectivity index (χ4v) is 7.14. The van der Waals surface area contributed by atoms with E-state index in [-0.39, 0.29) is 50.5 Å². The van der Waals surface area contributed by atoms with Crippen LogP contribution in [0.3, 0.4) is 0 Å². The predicted octanol–water partition coefficient (Wildman–Crippen LogP) is 1.52. The second-order valence-electron chi connectivity index (χ2n) is 15.8. The second-order valence-corrected chi connectivity index (χ2v) is 15.8. The van der Waals surface area contributed by atoms with E-state index in [1.165, 1.54) is 0 Å². The molecule has 6 amide bonds. The monoisotopic (exact) mass is 859 g/mol. The van der Waals surface area contributed by atoms with Gasteiger partial charge in [0.05, 0.1) is 6.54 Å². The van der Waals surface area contributed by atoms with Crippen LogP contribution in [0.15, 0.2) is 102 Å². The van der Waals surface area contributed by atoms with Gasteiger partial charge in [0.15, 0.2) is 5.96 Å². The number of guanidine groups is 1. The SMILES string of the molecule is CC(C)C[C@H](NC(=O)CNC(=O)[C@H](Cc1ccc2ccccc2c1)NC(=O)c1ccc(CN)cc1)C(=O)N[C@@H](CCCN=C(N)N)C(=O)N[C@@H](Cc1c[nH]c2ccccc12)C(N)=O. The zero-order valence-corrected chi connectivity index (χ0v) is 35.5. The number of nitrogens with one attached hydrogen (secondary N) is 6. The fraction of sp³-hybridized carbons (Fsp3) is 0.326. The zero-order valence-electron chi connectivity index (χ0n) is 35.5. The third-order valence-electron chi connectivity index (χ3n) is 10.4. The Morgan fingerprint density at radius 1 is 0.683 bits per heavy atom. The summed E-state index contributed by atoms with van der Waals surface area (Å²) in [6.45, 7) is 3.66. The highest BCUT2D eigenvalue weighted by atomic mass is 16.2. The van der Waals surface area contributed by atoms with Crippen molar-refractivity contribution in [2.45, 2.75) is 76.7 Å². The normalized spacial score (nSPS) is 13.0. The number of fused-ring (bicyclic) bond motifs is 2. The van der Waals surface area contributed by atoms with E-state index in [4.69, 9.17) is 22.9 Å². The van der Waals surface area contributed by atoms with Gasteiger partial charge in [-0.15, -0.1) is 0 Å². The molecule has 1 heterocycles. The highest BCUT2D eigenvalue weighted by Crippen LogP contribution is 2.20. The summed E-state index contributed by atoms with van der Waals surface area (Å²) >= 11 is 0. The van der Waals surface area contributed by atoms with Gasteiger partial charge in [0.1, 0.15) is 24.2 Å². The molecule has 332 valence electrons. The van der Waals surface area contributed by atoms with Crippen molar-refractivity contribution in [2.24, 2.45) is 33.8 Å². The van der Waals surface area contributed by atoms with Gasteiger partial charge in [-0.3, -0.25) is 33.8 Å². The van der Waals surface area contributed by atoms with Crippen molar-refractivity contribution in [2.75, 3.05) is 13.1 Å². The molecule has 14 N–H and O–H groups in total. The van der Waals surface area contributed by atoms with Crippen molar-refractivity contribution < 1.29 is 28.8 Å². The number of aromatic nitrogens is 1. The lowest BCUT2D eigenvalue weighted by Crippen LogP contribution is -2.57. The molecule has 5 rings (SSSR count). The van der Waals surface area contributed by atoms with Crippen LogP contribution in [-0.4, -0.2) is 83.6 Å². The van der Waals surface area contributed by atoms with E-state index in [0.29, 0.717) is 12.1 Å². The van der Waals surface area contributed by atoms with Crippen molar-refractivity contribution in [1.82, 2.24) is 31.6 Å². The molecule has 1 aromatic heterocycles. The van der Waals surface area contributed by atoms with E-state index in [1.54, 1.807) is 30.5 Å². The van der Waals surface area contributed by atoms with E-state index < -0.39 is 66.2 Å². The number of rotatable bonds is 22. The Hall–Kier alpha value is -7.27. The number of carbonyl (C=O) groups excluding carboxylic acids is 6. The number of carbonyl (C=O) groups is 6. The molecule has 0 spiro atoms. The van der Waals surface area contributed by atoms with Crippen LogP contribution >= 0.6 is 0 Å². The average Bonchev–Trinajstić information content (AvgIpc) is 3.67. The van der Waals surface area contributed by atoms with Crippen LogP contribution in [0.1, 0.15) is 60.2 Å². The Bertz CT molecular complexity index is 2430. The number of aliphatic imine (C=N–C) groups is 1. The number of nitrogens with two attached hydrogens (primary N) is 4. The number of hydrogen-bond acceptors (Lipinski definition) is 8. The Balaban J connectivity index is 1.27. The molecule has 0 saturated carbocycles. The van der Waals surface area contributed by atoms with Gasteiger partial charge in [-0.2, -0.15) is 0 Å². The van der Waals surface area contributed by atoms with Crippen molar-refractivity contribution in [1.29, 1.82) is 0 Å². The van der Waals surface area contributed by atoms with E-state index in [0.717, 1.165) is 38.4 Å². The van der Waals surface area contributed by atoms with Gasteiger partial charge in [-0.05, 0) is 70.8 Å². The van der Waals surface area contributed by atoms with Crippen molar-refractivity contribution in [3.63, 3.8) is 0 Å². The third-order valence-corrected chi connectivity index (χ3v) is 10.4. The summed E-state index contributed by atoms with van der Waals surface area (Å²) < 4.78 is 0. The number of hydrogen-bond donors (Lipinski definition) is 10. The lowest BCUT2D eigenvalue weighted by molar-refractivity contribution is -0.133. The number of amides is 6. The van der Waals surface area contributed by atoms with Crippen LogP contribution in [0, 0.1) is 5.92 Å². The molecule has 0 aliphatic heterocycles. The van der Waals surface area contributed by atoms with Gasteiger partial charge in [-0.1, -0.05) is 86.6 Å². The maximum Gasteiger partial charge on any atom is 0.251 e. The van der Waals surface area contributed by atoms with Crippen LogP contribution in [0.25, 0.3) is 21.7 Å². The van der Waals surface area contributed by atoms with E-state index in [1.807, 2.05) is 80.6 Å². The molecule has 0 aliphatic carbocycles. The molecule has 0 radical (unpaired) electrons. The van der Waals surface area contributed by atoms with Gasteiger partial charge in [0, 0.05) is 48.6 Å². The summed E-state index contributed by atoms with van der Waals surface area (Å²) in [5.41, 5.74) is 26.0. The van der Waals surface area contributed by atoms with Crippen molar-refractivity contribution in [3.8, 4) is 0 Å². The van der Waals surface area contributed by atoms with E-state index in [9.17, 15) is 28.8 Å². The minimum absolute atomic E-state index is 0.0762. The number of nitrogens with zero attached hydrogens (tertiary/aromatic N) is 1. The molecule has 0 fully saturated rings. The molecule has 17 heteroatoms. The van der Waals surface area contributed by atoms with E-state index >= 15 is 0 Å². The summed E-state index contributed by atoms with van der Waals surface area (Å²) in [5, 5.41) is 16.4. The van der Waals surface area contributed by atoms with Crippen molar-refractivity contribution >= 4 is 63.1 Å². The molecule has 4 atom stereocenters. The Kier molecular flexibility index (Phi) is 16.7. The minimum Gasteiger partial charge on any atom is -0.370 e. The summed E-state index contributed by atoms with van der Waals surface area (Å²) in [7, 11) is 0. The average molecular weight is 860 g/mol. The standard InChI is InChI=1S/C46H57N11O6/c1-27(2)20-38(45(63)55-36(12-7-19-51-46(49)50)44(62)56-37(41(48)59)23-33-25-52-35-11-6-5-10-34(33)35)54-40(58)26-53-43(61)39(57-42(60)31-17-13-28(24-47)14-18-31)22-29-15-16-30-8-3-4-9-32(30)21-29/h3-6,8-11,13-18,21,25,27,36-39,52H,7,12,19-20,22-24,26,47H2,1-2H3,(H2,48,59)(H,53,61)(H,54,58)(H,55,63)(H,56,62)(H,57,60)(H4,49,50,51)/t36-,37-,38-,39-/m0/s1. The van der Waals surface area contributed by atoms with Gasteiger partial charge >= 0.3 is 0 Å². The Morgan fingerprint density at radius 3 is 2.05 bits per heavy atom. The predicted molar refractivity (Wildman–Crippen MR) is 243 cm³/mol. The maximum atomic E-state index is 13.9. The Morgan fingerprint density at radius 2 is 1.35 bits per heavy atom. The van der Waals surface area contributed by atoms with Gasteiger partial charge in [0.2, 0.25) is 29.5 Å². The van der Waals surface area contributed by atoms with E-state index in [2.05, 4.69) is 36.6 Å². The van der Waals surface area contributed by atoms with Gasteiger partial charge in [-0.25, -0.2) is 0 Å². The summed E-state index contributed by atoms with van der Waals surface area (Å²) in [4.78, 5) is 88.1. The van der Waals surface area contributed by atoms with Crippen LogP contribution in [0.5, 0.6) is 0 Å². The topological polar surface area (TPSA) is 295 Å². The van der Waals surface area contributed by atoms with Gasteiger partial charge in [0.25, 0.3) is 5.91 Å². The largest absolute Gasteiger partial charge is 0.370 e. The molecule has 17 nitrogen and oxygen atoms in total. The molecule has 0 bridgehead atoms. The molecule has 4 aromatic carbocycles. The first-order chi connectivity index (χ1) is 30.2. The highest BCUT2D eigenvalue weighted by molar-refractivity contribution is 5.99. The second kappa shape index (κ2) is 22.5. The minimum atomic E-state index is -1.17. The summed E-state index contributed by atoms with van der Waals surface area (Å²) in [6, 6.07) is 23.2. The summed E-state index contributed by atoms with van der Waals surface area (Å²) in [5.74, 6) is -4.13. The van der Waals surface area contributed by atoms with Crippen LogP contribution in [0.2, 0.25) is 0 Å². The molecule has 5 aromatic rings. The van der Waals surface area contributed by atoms with Crippen LogP contribution < -0.4 is 49.5 Å². The fourth-order valence-electron chi connectivity index (χ4n) is 7.14. The van der Waals surface area contributed by atoms with Crippen LogP contribution in [-0.2, 0) is 43.4 Å². The van der Waals surface area contributed by atoms with Gasteiger partial charge < -0.3 is 54.5 Å². The lowest BCUT2D eigenvalue weighted by atomic mass is 10.0. The number of aromatic amines is 1. The molecular weight excluding hydrogens is 803 g/mol. The number of para-hydroxylation sites is 1. The number of benzene rings is 4. The smallest absolute Gasteiger partial charge is 0.251 e. The lowest BCUT2D eigenvalue weighted by Gasteiger charge is -2.26. The molecular formula is C46H57N11O6. The molecule has 0 saturated heterocycles. The molecule has 0 unspecified atom stereocenters. The first-order valence-electron chi connectivity index (χ1n) is 20.9. The number of primary amides is 1. The first-order valence-corrected chi connectivity index (χ1v) is 20.9. The van der Waals surface area contributed by atoms with Crippen molar-refractivity contribution in [3.05, 3.63) is 119 Å². The maximum absolute atomic E-state index is 13.9. The summed E-state index contributed by atoms with van der Waals surface area (Å²) in [6.07, 6.45) is 2.49. The van der Waals surface area contributed by atoms with Crippen LogP contribution in [0.4, 0.5) is 0 Å². The highest BCUT2D eigenvalue weighted by Gasteiger charge is 2.30. The number of H-pyrrole nitrogens is 1. The first kappa shape index (κ1) is 46.8. The third kappa shape index (κ3) is 13.9. The quantitative estimate of drug-likeness (QED) is 0.0274.